The lowest BCUT2D eigenvalue weighted by Gasteiger charge is -2.33. The summed E-state index contributed by atoms with van der Waals surface area (Å²) in [4.78, 5) is 5.92. The van der Waals surface area contributed by atoms with Gasteiger partial charge in [-0.25, -0.2) is 13.8 Å². The molecular weight excluding hydrogens is 264 g/mol. The monoisotopic (exact) mass is 285 g/mol. The number of hydrogen-bond acceptors (Lipinski definition) is 4. The lowest BCUT2D eigenvalue weighted by atomic mass is 10.1. The fourth-order valence-corrected chi connectivity index (χ4v) is 2.47. The second-order valence-corrected chi connectivity index (χ2v) is 4.82. The Morgan fingerprint density at radius 2 is 2.20 bits per heavy atom. The highest BCUT2D eigenvalue weighted by molar-refractivity contribution is 5.49. The van der Waals surface area contributed by atoms with Crippen LogP contribution in [0, 0.1) is 11.6 Å². The number of ether oxygens (including phenoxy) is 1. The molecule has 1 N–H and O–H groups in total. The Labute approximate surface area is 118 Å². The first kappa shape index (κ1) is 15.0. The van der Waals surface area contributed by atoms with Gasteiger partial charge in [-0.2, -0.15) is 0 Å². The molecule has 1 fully saturated rings. The van der Waals surface area contributed by atoms with Gasteiger partial charge in [0.15, 0.2) is 23.3 Å². The third kappa shape index (κ3) is 3.36. The molecule has 1 unspecified atom stereocenters. The van der Waals surface area contributed by atoms with Crippen molar-refractivity contribution < 1.29 is 13.5 Å². The molecule has 0 bridgehead atoms. The summed E-state index contributed by atoms with van der Waals surface area (Å²) in [7, 11) is 0. The largest absolute Gasteiger partial charge is 0.377 e. The van der Waals surface area contributed by atoms with Crippen molar-refractivity contribution in [2.75, 3.05) is 36.5 Å². The molecular formula is C14H21F2N3O. The van der Waals surface area contributed by atoms with Crippen molar-refractivity contribution in [1.29, 1.82) is 0 Å². The van der Waals surface area contributed by atoms with Gasteiger partial charge in [-0.05, 0) is 26.7 Å². The zero-order valence-electron chi connectivity index (χ0n) is 12.0. The van der Waals surface area contributed by atoms with Gasteiger partial charge in [-0.1, -0.05) is 0 Å². The smallest absolute Gasteiger partial charge is 0.168 e. The molecule has 0 aliphatic carbocycles. The summed E-state index contributed by atoms with van der Waals surface area (Å²) in [5.74, 6) is -0.984. The Morgan fingerprint density at radius 3 is 2.90 bits per heavy atom. The van der Waals surface area contributed by atoms with Crippen LogP contribution in [-0.4, -0.2) is 37.3 Å². The topological polar surface area (TPSA) is 37.4 Å². The minimum absolute atomic E-state index is 0.0857. The number of aromatic nitrogens is 1. The van der Waals surface area contributed by atoms with Crippen LogP contribution < -0.4 is 10.2 Å². The Balaban J connectivity index is 2.20. The third-order valence-corrected chi connectivity index (χ3v) is 3.34. The van der Waals surface area contributed by atoms with E-state index < -0.39 is 11.6 Å². The molecule has 0 spiro atoms. The Kier molecular flexibility index (Phi) is 5.11. The highest BCUT2D eigenvalue weighted by atomic mass is 19.1. The van der Waals surface area contributed by atoms with Crippen molar-refractivity contribution in [3.8, 4) is 0 Å². The van der Waals surface area contributed by atoms with Gasteiger partial charge < -0.3 is 15.0 Å². The maximum absolute atomic E-state index is 14.0. The molecule has 0 radical (unpaired) electrons. The van der Waals surface area contributed by atoms with Crippen LogP contribution in [0.3, 0.4) is 0 Å². The fourth-order valence-electron chi connectivity index (χ4n) is 2.47. The van der Waals surface area contributed by atoms with Gasteiger partial charge >= 0.3 is 0 Å². The lowest BCUT2D eigenvalue weighted by molar-refractivity contribution is 0.0524. The molecule has 4 nitrogen and oxygen atoms in total. The normalized spacial score (nSPS) is 19.2. The number of pyridine rings is 1. The van der Waals surface area contributed by atoms with Crippen LogP contribution in [0.5, 0.6) is 0 Å². The zero-order valence-corrected chi connectivity index (χ0v) is 12.0. The third-order valence-electron chi connectivity index (χ3n) is 3.34. The first-order valence-corrected chi connectivity index (χ1v) is 7.12. The summed E-state index contributed by atoms with van der Waals surface area (Å²) in [5.41, 5.74) is 0. The summed E-state index contributed by atoms with van der Waals surface area (Å²) in [5, 5.41) is 2.81. The van der Waals surface area contributed by atoms with Crippen LogP contribution >= 0.6 is 0 Å². The molecule has 0 aromatic carbocycles. The van der Waals surface area contributed by atoms with E-state index in [1.807, 2.05) is 18.7 Å². The summed E-state index contributed by atoms with van der Waals surface area (Å²) in [6.45, 7) is 6.27. The summed E-state index contributed by atoms with van der Waals surface area (Å²) in [6, 6.07) is 0.893. The number of piperidine rings is 1. The van der Waals surface area contributed by atoms with E-state index in [9.17, 15) is 8.78 Å². The molecule has 1 saturated heterocycles. The van der Waals surface area contributed by atoms with Crippen LogP contribution in [0.25, 0.3) is 0 Å². The second kappa shape index (κ2) is 6.83. The van der Waals surface area contributed by atoms with Gasteiger partial charge in [0.25, 0.3) is 0 Å². The van der Waals surface area contributed by atoms with Crippen molar-refractivity contribution in [3.05, 3.63) is 17.7 Å². The molecule has 1 atom stereocenters. The summed E-state index contributed by atoms with van der Waals surface area (Å²) < 4.78 is 33.1. The van der Waals surface area contributed by atoms with E-state index in [4.69, 9.17) is 4.74 Å². The van der Waals surface area contributed by atoms with E-state index in [-0.39, 0.29) is 17.7 Å². The number of anilines is 2. The molecule has 0 amide bonds. The van der Waals surface area contributed by atoms with Crippen molar-refractivity contribution in [2.24, 2.45) is 0 Å². The minimum atomic E-state index is -0.661. The van der Waals surface area contributed by atoms with Crippen LogP contribution in [-0.2, 0) is 4.74 Å². The highest BCUT2D eigenvalue weighted by Crippen LogP contribution is 2.25. The quantitative estimate of drug-likeness (QED) is 0.902. The van der Waals surface area contributed by atoms with E-state index in [1.165, 1.54) is 0 Å². The Hall–Kier alpha value is -1.43. The molecule has 20 heavy (non-hydrogen) atoms. The van der Waals surface area contributed by atoms with Crippen LogP contribution in [0.1, 0.15) is 26.7 Å². The molecule has 1 aromatic heterocycles. The average molecular weight is 285 g/mol. The molecule has 2 rings (SSSR count). The maximum atomic E-state index is 14.0. The predicted molar refractivity (Wildman–Crippen MR) is 75.2 cm³/mol. The summed E-state index contributed by atoms with van der Waals surface area (Å²) >= 11 is 0. The maximum Gasteiger partial charge on any atom is 0.168 e. The average Bonchev–Trinajstić information content (AvgIpc) is 2.43. The van der Waals surface area contributed by atoms with Gasteiger partial charge in [0.1, 0.15) is 0 Å². The molecule has 0 saturated carbocycles. The number of halogens is 2. The van der Waals surface area contributed by atoms with Crippen molar-refractivity contribution >= 4 is 11.6 Å². The van der Waals surface area contributed by atoms with Crippen LogP contribution in [0.4, 0.5) is 20.4 Å². The first-order chi connectivity index (χ1) is 9.65. The van der Waals surface area contributed by atoms with Crippen LogP contribution in [0.15, 0.2) is 6.07 Å². The van der Waals surface area contributed by atoms with E-state index >= 15 is 0 Å². The fraction of sp³-hybridized carbons (Fsp3) is 0.643. The molecule has 2 heterocycles. The minimum Gasteiger partial charge on any atom is -0.377 e. The first-order valence-electron chi connectivity index (χ1n) is 7.12. The number of rotatable bonds is 5. The van der Waals surface area contributed by atoms with Gasteiger partial charge in [-0.15, -0.1) is 0 Å². The number of nitrogens with one attached hydrogen (secondary N) is 1. The molecule has 6 heteroatoms. The van der Waals surface area contributed by atoms with Crippen molar-refractivity contribution in [2.45, 2.75) is 32.8 Å². The van der Waals surface area contributed by atoms with E-state index in [1.54, 1.807) is 0 Å². The molecule has 1 aliphatic rings. The van der Waals surface area contributed by atoms with E-state index in [0.29, 0.717) is 26.2 Å². The van der Waals surface area contributed by atoms with E-state index in [0.717, 1.165) is 18.9 Å². The predicted octanol–water partition coefficient (Wildman–Crippen LogP) is 2.80. The number of nitrogens with zero attached hydrogens (tertiary/aromatic N) is 2. The van der Waals surface area contributed by atoms with Gasteiger partial charge in [0.05, 0.1) is 6.10 Å². The van der Waals surface area contributed by atoms with Crippen molar-refractivity contribution in [1.82, 2.24) is 4.98 Å². The van der Waals surface area contributed by atoms with Crippen LogP contribution in [0.2, 0.25) is 0 Å². The SMILES string of the molecule is CCNc1nc(N2CCCC(OCC)C2)c(F)cc1F. The highest BCUT2D eigenvalue weighted by Gasteiger charge is 2.24. The second-order valence-electron chi connectivity index (χ2n) is 4.82. The Bertz CT molecular complexity index is 454. The Morgan fingerprint density at radius 1 is 1.40 bits per heavy atom. The van der Waals surface area contributed by atoms with Crippen molar-refractivity contribution in [3.63, 3.8) is 0 Å². The van der Waals surface area contributed by atoms with Gasteiger partial charge in [0.2, 0.25) is 0 Å². The summed E-state index contributed by atoms with van der Waals surface area (Å²) in [6.07, 6.45) is 1.97. The zero-order chi connectivity index (χ0) is 14.5. The molecule has 1 aliphatic heterocycles. The molecule has 112 valence electrons. The van der Waals surface area contributed by atoms with Gasteiger partial charge in [0, 0.05) is 32.3 Å². The number of hydrogen-bond donors (Lipinski definition) is 1. The van der Waals surface area contributed by atoms with E-state index in [2.05, 4.69) is 10.3 Å². The lowest BCUT2D eigenvalue weighted by Crippen LogP contribution is -2.40. The standard InChI is InChI=1S/C14H21F2N3O/c1-3-17-13-11(15)8-12(16)14(18-13)19-7-5-6-10(9-19)20-4-2/h8,10H,3-7,9H2,1-2H3,(H,17,18). The molecule has 1 aromatic rings. The van der Waals surface area contributed by atoms with Gasteiger partial charge in [-0.3, -0.25) is 0 Å².